The number of hydrogen-bond acceptors (Lipinski definition) is 5. The molecule has 3 rings (SSSR count). The number of rotatable bonds is 4. The van der Waals surface area contributed by atoms with Gasteiger partial charge in [-0.1, -0.05) is 56.8 Å². The Bertz CT molecular complexity index is 757. The Balaban J connectivity index is 1.67. The Kier molecular flexibility index (Phi) is 5.55. The summed E-state index contributed by atoms with van der Waals surface area (Å²) in [7, 11) is 0. The lowest BCUT2D eigenvalue weighted by Gasteiger charge is -2.26. The lowest BCUT2D eigenvalue weighted by atomic mass is 9.87. The van der Waals surface area contributed by atoms with Gasteiger partial charge in [-0.2, -0.15) is 0 Å². The number of likely N-dealkylation sites (tertiary alicyclic amines) is 1. The third-order valence-electron chi connectivity index (χ3n) is 4.71. The van der Waals surface area contributed by atoms with Crippen molar-refractivity contribution in [2.45, 2.75) is 50.6 Å². The Morgan fingerprint density at radius 2 is 1.77 bits per heavy atom. The molecule has 7 heteroatoms. The highest BCUT2D eigenvalue weighted by molar-refractivity contribution is 7.99. The first-order valence-electron chi connectivity index (χ1n) is 9.08. The van der Waals surface area contributed by atoms with E-state index in [9.17, 15) is 4.79 Å². The van der Waals surface area contributed by atoms with Crippen molar-refractivity contribution in [1.29, 1.82) is 0 Å². The second-order valence-electron chi connectivity index (χ2n) is 7.73. The average Bonchev–Trinajstić information content (AvgIpc) is 3.00. The van der Waals surface area contributed by atoms with Crippen molar-refractivity contribution in [3.05, 3.63) is 29.8 Å². The van der Waals surface area contributed by atoms with E-state index in [4.69, 9.17) is 5.84 Å². The number of hydrogen-bond donors (Lipinski definition) is 1. The van der Waals surface area contributed by atoms with Crippen LogP contribution in [0.15, 0.2) is 29.4 Å². The predicted molar refractivity (Wildman–Crippen MR) is 105 cm³/mol. The number of nitrogen functional groups attached to an aromatic ring is 1. The van der Waals surface area contributed by atoms with Gasteiger partial charge >= 0.3 is 0 Å². The molecule has 0 bridgehead atoms. The average molecular weight is 374 g/mol. The highest BCUT2D eigenvalue weighted by atomic mass is 32.2. The van der Waals surface area contributed by atoms with E-state index in [0.717, 1.165) is 31.5 Å². The topological polar surface area (TPSA) is 77.0 Å². The molecule has 1 aromatic carbocycles. The number of piperidine rings is 1. The van der Waals surface area contributed by atoms with Gasteiger partial charge in [0.05, 0.1) is 5.75 Å². The van der Waals surface area contributed by atoms with Crippen LogP contribution in [-0.2, 0) is 10.2 Å². The molecule has 6 nitrogen and oxygen atoms in total. The van der Waals surface area contributed by atoms with Crippen molar-refractivity contribution in [3.63, 3.8) is 0 Å². The number of nitrogens with two attached hydrogens (primary N) is 1. The molecule has 1 aliphatic heterocycles. The summed E-state index contributed by atoms with van der Waals surface area (Å²) in [6.07, 6.45) is 3.40. The Morgan fingerprint density at radius 1 is 1.12 bits per heavy atom. The van der Waals surface area contributed by atoms with Gasteiger partial charge in [0.1, 0.15) is 0 Å². The molecule has 2 heterocycles. The fraction of sp³-hybridized carbons (Fsp3) is 0.526. The van der Waals surface area contributed by atoms with Gasteiger partial charge in [0.25, 0.3) is 0 Å². The van der Waals surface area contributed by atoms with E-state index in [1.165, 1.54) is 28.4 Å². The number of benzene rings is 1. The van der Waals surface area contributed by atoms with Crippen LogP contribution in [0.3, 0.4) is 0 Å². The normalized spacial score (nSPS) is 15.3. The zero-order valence-corrected chi connectivity index (χ0v) is 16.6. The standard InChI is InChI=1S/C19H27N5OS/c1-19(2,3)15-9-7-14(8-10-15)17-21-22-18(24(17)20)26-13-16(25)23-11-5-4-6-12-23/h7-10H,4-6,11-13,20H2,1-3H3. The minimum Gasteiger partial charge on any atom is -0.342 e. The molecule has 0 saturated carbocycles. The highest BCUT2D eigenvalue weighted by Crippen LogP contribution is 2.26. The number of thioether (sulfide) groups is 1. The molecule has 1 fully saturated rings. The number of amides is 1. The molecule has 2 aromatic rings. The number of carbonyl (C=O) groups excluding carboxylic acids is 1. The summed E-state index contributed by atoms with van der Waals surface area (Å²) in [5, 5.41) is 8.93. The lowest BCUT2D eigenvalue weighted by molar-refractivity contribution is -0.129. The quantitative estimate of drug-likeness (QED) is 0.658. The van der Waals surface area contributed by atoms with Gasteiger partial charge in [-0.3, -0.25) is 4.79 Å². The van der Waals surface area contributed by atoms with Crippen LogP contribution in [0.4, 0.5) is 0 Å². The zero-order valence-electron chi connectivity index (χ0n) is 15.7. The Hall–Kier alpha value is -2.02. The molecule has 0 unspecified atom stereocenters. The number of aromatic nitrogens is 3. The second kappa shape index (κ2) is 7.70. The second-order valence-corrected chi connectivity index (χ2v) is 8.68. The molecule has 1 amide bonds. The molecule has 0 aliphatic carbocycles. The smallest absolute Gasteiger partial charge is 0.233 e. The van der Waals surface area contributed by atoms with E-state index < -0.39 is 0 Å². The molecule has 0 radical (unpaired) electrons. The zero-order chi connectivity index (χ0) is 18.7. The Morgan fingerprint density at radius 3 is 2.38 bits per heavy atom. The first-order chi connectivity index (χ1) is 12.4. The van der Waals surface area contributed by atoms with Crippen molar-refractivity contribution in [2.75, 3.05) is 24.7 Å². The summed E-state index contributed by atoms with van der Waals surface area (Å²) < 4.78 is 1.47. The van der Waals surface area contributed by atoms with Crippen molar-refractivity contribution in [3.8, 4) is 11.4 Å². The van der Waals surface area contributed by atoms with Gasteiger partial charge in [0.15, 0.2) is 5.82 Å². The van der Waals surface area contributed by atoms with E-state index in [1.807, 2.05) is 17.0 Å². The molecule has 0 spiro atoms. The maximum Gasteiger partial charge on any atom is 0.233 e. The lowest BCUT2D eigenvalue weighted by Crippen LogP contribution is -2.36. The third-order valence-corrected chi connectivity index (χ3v) is 5.64. The van der Waals surface area contributed by atoms with Gasteiger partial charge in [-0.05, 0) is 30.2 Å². The minimum absolute atomic E-state index is 0.102. The summed E-state index contributed by atoms with van der Waals surface area (Å²) in [4.78, 5) is 14.2. The van der Waals surface area contributed by atoms with Gasteiger partial charge in [0.2, 0.25) is 11.1 Å². The summed E-state index contributed by atoms with van der Waals surface area (Å²) in [6, 6.07) is 8.22. The third kappa shape index (κ3) is 4.20. The van der Waals surface area contributed by atoms with Crippen LogP contribution in [0.2, 0.25) is 0 Å². The van der Waals surface area contributed by atoms with Crippen LogP contribution in [0.5, 0.6) is 0 Å². The highest BCUT2D eigenvalue weighted by Gasteiger charge is 2.19. The van der Waals surface area contributed by atoms with Crippen molar-refractivity contribution < 1.29 is 4.79 Å². The number of nitrogens with zero attached hydrogens (tertiary/aromatic N) is 4. The van der Waals surface area contributed by atoms with Crippen LogP contribution < -0.4 is 5.84 Å². The molecule has 140 valence electrons. The summed E-state index contributed by atoms with van der Waals surface area (Å²) in [5.41, 5.74) is 2.28. The maximum absolute atomic E-state index is 12.3. The van der Waals surface area contributed by atoms with Crippen molar-refractivity contribution >= 4 is 17.7 Å². The predicted octanol–water partition coefficient (Wildman–Crippen LogP) is 3.06. The van der Waals surface area contributed by atoms with Crippen LogP contribution in [-0.4, -0.2) is 44.5 Å². The van der Waals surface area contributed by atoms with Crippen LogP contribution >= 0.6 is 11.8 Å². The van der Waals surface area contributed by atoms with Gasteiger partial charge < -0.3 is 10.7 Å². The van der Waals surface area contributed by atoms with Crippen LogP contribution in [0, 0.1) is 0 Å². The summed E-state index contributed by atoms with van der Waals surface area (Å²) in [6.45, 7) is 8.27. The largest absolute Gasteiger partial charge is 0.342 e. The minimum atomic E-state index is 0.102. The van der Waals surface area contributed by atoms with Crippen LogP contribution in [0.1, 0.15) is 45.6 Å². The maximum atomic E-state index is 12.3. The fourth-order valence-corrected chi connectivity index (χ4v) is 3.81. The van der Waals surface area contributed by atoms with Crippen molar-refractivity contribution in [1.82, 2.24) is 19.8 Å². The first kappa shape index (κ1) is 18.8. The molecule has 2 N–H and O–H groups in total. The number of carbonyl (C=O) groups is 1. The van der Waals surface area contributed by atoms with E-state index >= 15 is 0 Å². The fourth-order valence-electron chi connectivity index (χ4n) is 3.05. The Labute approximate surface area is 159 Å². The SMILES string of the molecule is CC(C)(C)c1ccc(-c2nnc(SCC(=O)N3CCCCC3)n2N)cc1. The van der Waals surface area contributed by atoms with E-state index in [2.05, 4.69) is 43.1 Å². The molecule has 26 heavy (non-hydrogen) atoms. The van der Waals surface area contributed by atoms with E-state index in [-0.39, 0.29) is 11.3 Å². The molecule has 1 aliphatic rings. The molecular weight excluding hydrogens is 346 g/mol. The summed E-state index contributed by atoms with van der Waals surface area (Å²) >= 11 is 1.34. The summed E-state index contributed by atoms with van der Waals surface area (Å²) in [5.74, 6) is 7.27. The monoisotopic (exact) mass is 373 g/mol. The molecule has 1 saturated heterocycles. The van der Waals surface area contributed by atoms with Gasteiger partial charge in [0, 0.05) is 18.7 Å². The molecule has 1 aromatic heterocycles. The van der Waals surface area contributed by atoms with Crippen LogP contribution in [0.25, 0.3) is 11.4 Å². The van der Waals surface area contributed by atoms with Gasteiger partial charge in [-0.15, -0.1) is 10.2 Å². The van der Waals surface area contributed by atoms with Crippen molar-refractivity contribution in [2.24, 2.45) is 0 Å². The van der Waals surface area contributed by atoms with Gasteiger partial charge in [-0.25, -0.2) is 4.68 Å². The van der Waals surface area contributed by atoms with E-state index in [0.29, 0.717) is 16.7 Å². The molecule has 0 atom stereocenters. The van der Waals surface area contributed by atoms with E-state index in [1.54, 1.807) is 0 Å². The molecular formula is C19H27N5OS. The first-order valence-corrected chi connectivity index (χ1v) is 10.1.